The fourth-order valence-electron chi connectivity index (χ4n) is 2.64. The molecule has 0 saturated carbocycles. The predicted octanol–water partition coefficient (Wildman–Crippen LogP) is 2.61. The molecule has 5 heteroatoms. The number of nitrogens with one attached hydrogen (secondary N) is 1. The second-order valence-electron chi connectivity index (χ2n) is 5.74. The molecule has 0 unspecified atom stereocenters. The molecular weight excluding hydrogens is 277 g/mol. The number of hydrogen-bond donors (Lipinski definition) is 1. The Labute approximate surface area is 124 Å². The first kappa shape index (κ1) is 17.6. The molecule has 0 aromatic rings. The van der Waals surface area contributed by atoms with Gasteiger partial charge in [-0.2, -0.15) is 0 Å². The van der Waals surface area contributed by atoms with Crippen molar-refractivity contribution in [1.82, 2.24) is 0 Å². The summed E-state index contributed by atoms with van der Waals surface area (Å²) in [7, 11) is 0. The smallest absolute Gasteiger partial charge is 0.186 e. The van der Waals surface area contributed by atoms with Crippen LogP contribution in [0.3, 0.4) is 0 Å². The van der Waals surface area contributed by atoms with Gasteiger partial charge in [0.15, 0.2) is 6.49 Å². The normalized spacial score (nSPS) is 22.1. The molecule has 114 valence electrons. The van der Waals surface area contributed by atoms with Crippen LogP contribution in [-0.4, -0.2) is 39.0 Å². The molecule has 0 amide bonds. The van der Waals surface area contributed by atoms with Gasteiger partial charge in [-0.25, -0.2) is 0 Å². The second-order valence-corrected chi connectivity index (χ2v) is 9.74. The van der Waals surface area contributed by atoms with Crippen molar-refractivity contribution in [3.63, 3.8) is 0 Å². The highest BCUT2D eigenvalue weighted by Crippen LogP contribution is 2.45. The summed E-state index contributed by atoms with van der Waals surface area (Å²) in [4.78, 5) is 1.67. The fourth-order valence-corrected chi connectivity index (χ4v) is 4.55. The van der Waals surface area contributed by atoms with Crippen molar-refractivity contribution < 1.29 is 13.9 Å². The van der Waals surface area contributed by atoms with E-state index in [-0.39, 0.29) is 6.10 Å². The Morgan fingerprint density at radius 3 is 2.53 bits per heavy atom. The van der Waals surface area contributed by atoms with Crippen LogP contribution in [-0.2, 0) is 20.9 Å². The summed E-state index contributed by atoms with van der Waals surface area (Å²) in [5, 5.41) is 0. The van der Waals surface area contributed by atoms with Gasteiger partial charge in [0, 0.05) is 6.66 Å². The molecule has 2 atom stereocenters. The first-order chi connectivity index (χ1) is 9.03. The third-order valence-electron chi connectivity index (χ3n) is 3.58. The van der Waals surface area contributed by atoms with E-state index in [9.17, 15) is 0 Å². The number of piperidine rings is 1. The molecule has 0 radical (unpaired) electrons. The Balaban J connectivity index is 2.20. The van der Waals surface area contributed by atoms with E-state index in [2.05, 4.69) is 13.8 Å². The summed E-state index contributed by atoms with van der Waals surface area (Å²) in [6.45, 7) is 8.68. The Morgan fingerprint density at radius 1 is 1.21 bits per heavy atom. The lowest BCUT2D eigenvalue weighted by Crippen LogP contribution is -3.13. The molecule has 0 bridgehead atoms. The van der Waals surface area contributed by atoms with Gasteiger partial charge >= 0.3 is 0 Å². The molecule has 0 spiro atoms. The number of unbranched alkanes of at least 4 members (excludes halogenated alkanes) is 2. The summed E-state index contributed by atoms with van der Waals surface area (Å²) in [5.74, 6) is 0. The van der Waals surface area contributed by atoms with Crippen LogP contribution >= 0.6 is 6.49 Å². The molecule has 0 aliphatic carbocycles. The Morgan fingerprint density at radius 2 is 1.89 bits per heavy atom. The van der Waals surface area contributed by atoms with Crippen molar-refractivity contribution in [3.8, 4) is 0 Å². The number of likely N-dealkylation sites (tertiary alicyclic amines) is 1. The lowest BCUT2D eigenvalue weighted by Gasteiger charge is -2.28. The van der Waals surface area contributed by atoms with Crippen molar-refractivity contribution >= 4 is 18.3 Å². The highest BCUT2D eigenvalue weighted by atomic mass is 32.5. The summed E-state index contributed by atoms with van der Waals surface area (Å²) >= 11 is 5.49. The predicted molar refractivity (Wildman–Crippen MR) is 85.6 cm³/mol. The van der Waals surface area contributed by atoms with E-state index in [0.717, 1.165) is 19.6 Å². The topological polar surface area (TPSA) is 22.9 Å². The third-order valence-corrected chi connectivity index (χ3v) is 5.55. The van der Waals surface area contributed by atoms with Gasteiger partial charge in [0.2, 0.25) is 0 Å². The maximum atomic E-state index is 6.00. The average Bonchev–Trinajstić information content (AvgIpc) is 2.35. The maximum absolute atomic E-state index is 6.00. The SMILES string of the molecule is CCCCCO[P@](C)(=S)O[C@H](C)C[NH+]1CCCCC1. The Kier molecular flexibility index (Phi) is 8.76. The van der Waals surface area contributed by atoms with Crippen LogP contribution in [0.4, 0.5) is 0 Å². The highest BCUT2D eigenvalue weighted by molar-refractivity contribution is 8.09. The molecular formula is C14H31NO2PS+. The van der Waals surface area contributed by atoms with Gasteiger partial charge in [0.1, 0.15) is 12.6 Å². The minimum absolute atomic E-state index is 0.218. The molecule has 1 fully saturated rings. The Hall–Kier alpha value is 0.530. The van der Waals surface area contributed by atoms with Crippen LogP contribution in [0.25, 0.3) is 0 Å². The molecule has 1 N–H and O–H groups in total. The first-order valence-corrected chi connectivity index (χ1v) is 10.9. The van der Waals surface area contributed by atoms with E-state index in [1.54, 1.807) is 4.90 Å². The molecule has 1 aliphatic rings. The van der Waals surface area contributed by atoms with Gasteiger partial charge in [-0.3, -0.25) is 0 Å². The average molecular weight is 308 g/mol. The van der Waals surface area contributed by atoms with Crippen LogP contribution in [0.1, 0.15) is 52.4 Å². The molecule has 1 heterocycles. The molecule has 0 aromatic carbocycles. The van der Waals surface area contributed by atoms with Gasteiger partial charge in [-0.05, 0) is 44.4 Å². The number of rotatable bonds is 9. The lowest BCUT2D eigenvalue weighted by molar-refractivity contribution is -0.907. The summed E-state index contributed by atoms with van der Waals surface area (Å²) in [6.07, 6.45) is 7.85. The molecule has 19 heavy (non-hydrogen) atoms. The monoisotopic (exact) mass is 308 g/mol. The van der Waals surface area contributed by atoms with Crippen molar-refractivity contribution in [2.75, 3.05) is 32.9 Å². The van der Waals surface area contributed by atoms with Crippen LogP contribution < -0.4 is 4.90 Å². The number of quaternary nitrogens is 1. The molecule has 3 nitrogen and oxygen atoms in total. The van der Waals surface area contributed by atoms with Gasteiger partial charge in [-0.1, -0.05) is 19.8 Å². The molecule has 0 aromatic heterocycles. The van der Waals surface area contributed by atoms with E-state index < -0.39 is 6.49 Å². The van der Waals surface area contributed by atoms with Crippen molar-refractivity contribution in [1.29, 1.82) is 0 Å². The fraction of sp³-hybridized carbons (Fsp3) is 1.00. The standard InChI is InChI=1S/C14H30NO2PS/c1-4-5-9-12-16-18(3,19)17-14(2)13-15-10-7-6-8-11-15/h14H,4-13H2,1-3H3/p+1/t14-,18+/m1/s1. The highest BCUT2D eigenvalue weighted by Gasteiger charge is 2.21. The van der Waals surface area contributed by atoms with Crippen LogP contribution in [0.15, 0.2) is 0 Å². The third kappa shape index (κ3) is 8.41. The number of hydrogen-bond acceptors (Lipinski definition) is 3. The van der Waals surface area contributed by atoms with E-state index in [1.807, 2.05) is 6.66 Å². The van der Waals surface area contributed by atoms with Gasteiger partial charge in [-0.15, -0.1) is 0 Å². The van der Waals surface area contributed by atoms with E-state index in [1.165, 1.54) is 45.2 Å². The first-order valence-electron chi connectivity index (χ1n) is 7.77. The van der Waals surface area contributed by atoms with Crippen LogP contribution in [0, 0.1) is 0 Å². The zero-order valence-corrected chi connectivity index (χ0v) is 14.5. The summed E-state index contributed by atoms with van der Waals surface area (Å²) in [6, 6.07) is 0. The van der Waals surface area contributed by atoms with Gasteiger partial charge in [0.05, 0.1) is 19.7 Å². The second kappa shape index (κ2) is 9.46. The van der Waals surface area contributed by atoms with Gasteiger partial charge in [0.25, 0.3) is 0 Å². The molecule has 1 aliphatic heterocycles. The Bertz CT molecular complexity index is 283. The largest absolute Gasteiger partial charge is 0.333 e. The molecule has 1 rings (SSSR count). The molecule has 1 saturated heterocycles. The quantitative estimate of drug-likeness (QED) is 0.523. The minimum atomic E-state index is -2.04. The summed E-state index contributed by atoms with van der Waals surface area (Å²) in [5.41, 5.74) is 0. The van der Waals surface area contributed by atoms with Crippen LogP contribution in [0.5, 0.6) is 0 Å². The van der Waals surface area contributed by atoms with E-state index >= 15 is 0 Å². The summed E-state index contributed by atoms with van der Waals surface area (Å²) < 4.78 is 11.8. The zero-order chi connectivity index (χ0) is 14.1. The van der Waals surface area contributed by atoms with Crippen molar-refractivity contribution in [3.05, 3.63) is 0 Å². The van der Waals surface area contributed by atoms with Crippen molar-refractivity contribution in [2.45, 2.75) is 58.5 Å². The van der Waals surface area contributed by atoms with Gasteiger partial charge < -0.3 is 13.9 Å². The van der Waals surface area contributed by atoms with E-state index in [4.69, 9.17) is 20.9 Å². The van der Waals surface area contributed by atoms with Crippen LogP contribution in [0.2, 0.25) is 0 Å². The minimum Gasteiger partial charge on any atom is -0.333 e. The maximum Gasteiger partial charge on any atom is 0.186 e. The van der Waals surface area contributed by atoms with Crippen molar-refractivity contribution in [2.24, 2.45) is 0 Å². The lowest BCUT2D eigenvalue weighted by atomic mass is 10.1. The zero-order valence-electron chi connectivity index (χ0n) is 12.8. The van der Waals surface area contributed by atoms with E-state index in [0.29, 0.717) is 0 Å².